The van der Waals surface area contributed by atoms with Gasteiger partial charge < -0.3 is 43.2 Å². The Balaban J connectivity index is 2.15. The lowest BCUT2D eigenvalue weighted by atomic mass is 10.0. The van der Waals surface area contributed by atoms with E-state index in [9.17, 15) is 29.1 Å². The van der Waals surface area contributed by atoms with Gasteiger partial charge in [0.05, 0.1) is 18.8 Å². The molecular weight excluding hydrogens is 508 g/mol. The smallest absolute Gasteiger partial charge is 0.326 e. The van der Waals surface area contributed by atoms with Crippen molar-refractivity contribution in [2.75, 3.05) is 6.54 Å². The third kappa shape index (κ3) is 10.9. The van der Waals surface area contributed by atoms with Gasteiger partial charge in [0.15, 0.2) is 0 Å². The van der Waals surface area contributed by atoms with Crippen molar-refractivity contribution in [3.8, 4) is 0 Å². The van der Waals surface area contributed by atoms with E-state index in [1.807, 2.05) is 6.07 Å². The fourth-order valence-electron chi connectivity index (χ4n) is 3.77. The topological polar surface area (TPSA) is 248 Å². The molecular formula is C25H36N8O6. The molecule has 39 heavy (non-hydrogen) atoms. The molecule has 14 nitrogen and oxygen atoms in total. The lowest BCUT2D eigenvalue weighted by Gasteiger charge is -2.24. The summed E-state index contributed by atoms with van der Waals surface area (Å²) in [6.07, 6.45) is 3.57. The third-order valence-corrected chi connectivity index (χ3v) is 5.85. The molecule has 0 saturated carbocycles. The van der Waals surface area contributed by atoms with Crippen LogP contribution >= 0.6 is 0 Å². The molecule has 2 rings (SSSR count). The number of benzene rings is 1. The van der Waals surface area contributed by atoms with Crippen molar-refractivity contribution in [3.05, 3.63) is 54.1 Å². The molecule has 11 N–H and O–H groups in total. The lowest BCUT2D eigenvalue weighted by molar-refractivity contribution is -0.142. The molecule has 4 unspecified atom stereocenters. The fraction of sp³-hybridized carbons (Fsp3) is 0.440. The minimum atomic E-state index is -1.42. The van der Waals surface area contributed by atoms with Gasteiger partial charge in [-0.15, -0.1) is 0 Å². The normalized spacial score (nSPS) is 13.9. The Labute approximate surface area is 225 Å². The van der Waals surface area contributed by atoms with Crippen LogP contribution in [0.15, 0.2) is 42.9 Å². The predicted octanol–water partition coefficient (Wildman–Crippen LogP) is -1.93. The van der Waals surface area contributed by atoms with Crippen LogP contribution in [0.4, 0.5) is 0 Å². The van der Waals surface area contributed by atoms with E-state index in [0.717, 1.165) is 5.56 Å². The molecule has 14 heteroatoms. The Morgan fingerprint density at radius 3 is 2.13 bits per heavy atom. The number of carbonyl (C=O) groups excluding carboxylic acids is 4. The van der Waals surface area contributed by atoms with Crippen molar-refractivity contribution in [2.24, 2.45) is 17.2 Å². The number of primary amides is 1. The Morgan fingerprint density at radius 2 is 1.54 bits per heavy atom. The molecule has 0 aliphatic rings. The van der Waals surface area contributed by atoms with E-state index < -0.39 is 60.2 Å². The number of imidazole rings is 1. The average molecular weight is 545 g/mol. The average Bonchev–Trinajstić information content (AvgIpc) is 3.40. The van der Waals surface area contributed by atoms with Crippen LogP contribution in [-0.2, 0) is 36.8 Å². The standard InChI is InChI=1S/C25H36N8O6/c26-9-5-4-8-18(25(38)39)31-23(36)19(11-16-13-29-14-30-16)33-24(37)20(12-21(28)34)32-22(35)17(27)10-15-6-2-1-3-7-15/h1-3,6-7,13-14,17-20H,4-5,8-12,26-27H2,(H2,28,34)(H,29,30)(H,31,36)(H,32,35)(H,33,37)(H,38,39). The maximum Gasteiger partial charge on any atom is 0.326 e. The van der Waals surface area contributed by atoms with E-state index >= 15 is 0 Å². The van der Waals surface area contributed by atoms with Crippen molar-refractivity contribution in [3.63, 3.8) is 0 Å². The second-order valence-corrected chi connectivity index (χ2v) is 9.05. The monoisotopic (exact) mass is 544 g/mol. The number of carboxylic acids is 1. The number of hydrogen-bond acceptors (Lipinski definition) is 8. The molecule has 0 radical (unpaired) electrons. The van der Waals surface area contributed by atoms with Crippen LogP contribution in [0, 0.1) is 0 Å². The van der Waals surface area contributed by atoms with Crippen molar-refractivity contribution >= 4 is 29.6 Å². The maximum absolute atomic E-state index is 13.2. The summed E-state index contributed by atoms with van der Waals surface area (Å²) in [5.41, 5.74) is 18.0. The molecule has 0 spiro atoms. The quantitative estimate of drug-likeness (QED) is 0.103. The second kappa shape index (κ2) is 15.8. The van der Waals surface area contributed by atoms with Crippen LogP contribution in [0.25, 0.3) is 0 Å². The van der Waals surface area contributed by atoms with Crippen LogP contribution in [-0.4, -0.2) is 75.4 Å². The molecule has 0 saturated heterocycles. The first-order valence-corrected chi connectivity index (χ1v) is 12.5. The number of unbranched alkanes of at least 4 members (excludes halogenated alkanes) is 1. The second-order valence-electron chi connectivity index (χ2n) is 9.05. The van der Waals surface area contributed by atoms with Gasteiger partial charge >= 0.3 is 5.97 Å². The van der Waals surface area contributed by atoms with Crippen LogP contribution in [0.2, 0.25) is 0 Å². The van der Waals surface area contributed by atoms with Gasteiger partial charge in [-0.05, 0) is 37.8 Å². The van der Waals surface area contributed by atoms with E-state index in [2.05, 4.69) is 25.9 Å². The zero-order valence-corrected chi connectivity index (χ0v) is 21.5. The summed E-state index contributed by atoms with van der Waals surface area (Å²) in [7, 11) is 0. The number of rotatable bonds is 17. The molecule has 2 aromatic rings. The molecule has 0 aliphatic carbocycles. The molecule has 0 fully saturated rings. The first kappa shape index (κ1) is 30.9. The van der Waals surface area contributed by atoms with Gasteiger partial charge in [-0.25, -0.2) is 9.78 Å². The van der Waals surface area contributed by atoms with Gasteiger partial charge in [-0.3, -0.25) is 19.2 Å². The number of aromatic nitrogens is 2. The molecule has 1 heterocycles. The van der Waals surface area contributed by atoms with E-state index in [-0.39, 0.29) is 19.3 Å². The van der Waals surface area contributed by atoms with Crippen molar-refractivity contribution in [1.82, 2.24) is 25.9 Å². The summed E-state index contributed by atoms with van der Waals surface area (Å²) in [5, 5.41) is 16.9. The molecule has 4 amide bonds. The zero-order chi connectivity index (χ0) is 28.8. The fourth-order valence-corrected chi connectivity index (χ4v) is 3.77. The van der Waals surface area contributed by atoms with Crippen LogP contribution in [0.1, 0.15) is 36.9 Å². The highest BCUT2D eigenvalue weighted by molar-refractivity contribution is 5.96. The summed E-state index contributed by atoms with van der Waals surface area (Å²) >= 11 is 0. The molecule has 212 valence electrons. The highest BCUT2D eigenvalue weighted by Gasteiger charge is 2.31. The van der Waals surface area contributed by atoms with Crippen molar-refractivity contribution in [1.29, 1.82) is 0 Å². The van der Waals surface area contributed by atoms with Crippen LogP contribution < -0.4 is 33.2 Å². The van der Waals surface area contributed by atoms with Gasteiger partial charge in [0.1, 0.15) is 18.1 Å². The molecule has 1 aromatic carbocycles. The number of nitrogens with one attached hydrogen (secondary N) is 4. The number of amides is 4. The Kier molecular flexibility index (Phi) is 12.6. The highest BCUT2D eigenvalue weighted by Crippen LogP contribution is 2.06. The van der Waals surface area contributed by atoms with Gasteiger partial charge in [0.25, 0.3) is 0 Å². The summed E-state index contributed by atoms with van der Waals surface area (Å²) in [5.74, 6) is -4.45. The van der Waals surface area contributed by atoms with Crippen molar-refractivity contribution < 1.29 is 29.1 Å². The first-order chi connectivity index (χ1) is 18.6. The summed E-state index contributed by atoms with van der Waals surface area (Å²) < 4.78 is 0. The number of H-pyrrole nitrogens is 1. The third-order valence-electron chi connectivity index (χ3n) is 5.85. The summed E-state index contributed by atoms with van der Waals surface area (Å²) in [6, 6.07) is 4.07. The van der Waals surface area contributed by atoms with Crippen LogP contribution in [0.3, 0.4) is 0 Å². The highest BCUT2D eigenvalue weighted by atomic mass is 16.4. The number of nitrogens with two attached hydrogens (primary N) is 3. The number of carboxylic acid groups (broad SMARTS) is 1. The minimum absolute atomic E-state index is 0.0720. The van der Waals surface area contributed by atoms with E-state index in [0.29, 0.717) is 25.1 Å². The number of aromatic amines is 1. The molecule has 4 atom stereocenters. The van der Waals surface area contributed by atoms with Gasteiger partial charge in [0.2, 0.25) is 23.6 Å². The lowest BCUT2D eigenvalue weighted by Crippen LogP contribution is -2.58. The van der Waals surface area contributed by atoms with Crippen molar-refractivity contribution in [2.45, 2.75) is 62.7 Å². The first-order valence-electron chi connectivity index (χ1n) is 12.5. The SMILES string of the molecule is NCCCCC(NC(=O)C(Cc1cnc[nH]1)NC(=O)C(CC(N)=O)NC(=O)C(N)Cc1ccccc1)C(=O)O. The van der Waals surface area contributed by atoms with E-state index in [1.54, 1.807) is 24.3 Å². The number of hydrogen-bond donors (Lipinski definition) is 8. The summed E-state index contributed by atoms with van der Waals surface area (Å²) in [4.78, 5) is 69.0. The number of nitrogens with zero attached hydrogens (tertiary/aromatic N) is 1. The minimum Gasteiger partial charge on any atom is -0.480 e. The largest absolute Gasteiger partial charge is 0.480 e. The molecule has 0 aliphatic heterocycles. The van der Waals surface area contributed by atoms with E-state index in [1.165, 1.54) is 12.5 Å². The Bertz CT molecular complexity index is 1100. The molecule has 1 aromatic heterocycles. The summed E-state index contributed by atoms with van der Waals surface area (Å²) in [6.45, 7) is 0.376. The number of carbonyl (C=O) groups is 5. The Morgan fingerprint density at radius 1 is 0.897 bits per heavy atom. The number of aliphatic carboxylic acids is 1. The van der Waals surface area contributed by atoms with Gasteiger partial charge in [0, 0.05) is 18.3 Å². The molecule has 0 bridgehead atoms. The predicted molar refractivity (Wildman–Crippen MR) is 141 cm³/mol. The zero-order valence-electron chi connectivity index (χ0n) is 21.5. The maximum atomic E-state index is 13.2. The van der Waals surface area contributed by atoms with E-state index in [4.69, 9.17) is 17.2 Å². The van der Waals surface area contributed by atoms with Crippen LogP contribution in [0.5, 0.6) is 0 Å². The van der Waals surface area contributed by atoms with Gasteiger partial charge in [-0.1, -0.05) is 30.3 Å². The Hall–Kier alpha value is -4.30. The van der Waals surface area contributed by atoms with Gasteiger partial charge in [-0.2, -0.15) is 0 Å².